The van der Waals surface area contributed by atoms with Crippen LogP contribution in [0.5, 0.6) is 0 Å². The maximum atomic E-state index is 12.9. The van der Waals surface area contributed by atoms with E-state index >= 15 is 0 Å². The van der Waals surface area contributed by atoms with Crippen molar-refractivity contribution in [2.75, 3.05) is 6.54 Å². The molecule has 5 heteroatoms. The van der Waals surface area contributed by atoms with Crippen molar-refractivity contribution in [1.82, 2.24) is 9.97 Å². The van der Waals surface area contributed by atoms with Crippen molar-refractivity contribution in [3.8, 4) is 0 Å². The molecule has 0 bridgehead atoms. The highest BCUT2D eigenvalue weighted by atomic mass is 35.5. The Morgan fingerprint density at radius 3 is 2.87 bits per heavy atom. The number of hydrogen-bond acceptors (Lipinski definition) is 3. The summed E-state index contributed by atoms with van der Waals surface area (Å²) >= 11 is 5.91. The Bertz CT molecular complexity index is 501. The molecule has 0 aliphatic carbocycles. The molecule has 0 saturated carbocycles. The summed E-state index contributed by atoms with van der Waals surface area (Å²) in [5, 5.41) is 0.792. The number of fused-ring (bicyclic) bond motifs is 1. The van der Waals surface area contributed by atoms with E-state index in [-0.39, 0.29) is 11.0 Å². The molecule has 3 nitrogen and oxygen atoms in total. The van der Waals surface area contributed by atoms with Gasteiger partial charge in [0, 0.05) is 11.8 Å². The molecule has 1 aromatic carbocycles. The second-order valence-corrected chi connectivity index (χ2v) is 3.49. The fourth-order valence-electron chi connectivity index (χ4n) is 1.35. The van der Waals surface area contributed by atoms with Gasteiger partial charge >= 0.3 is 0 Å². The summed E-state index contributed by atoms with van der Waals surface area (Å²) in [6, 6.07) is 4.25. The first-order valence-corrected chi connectivity index (χ1v) is 4.90. The molecule has 1 aromatic heterocycles. The minimum absolute atomic E-state index is 0.267. The second-order valence-electron chi connectivity index (χ2n) is 3.13. The molecular weight excluding hydrogens is 217 g/mol. The van der Waals surface area contributed by atoms with Gasteiger partial charge in [-0.05, 0) is 24.7 Å². The monoisotopic (exact) mass is 225 g/mol. The quantitative estimate of drug-likeness (QED) is 0.795. The van der Waals surface area contributed by atoms with Crippen molar-refractivity contribution in [3.05, 3.63) is 35.0 Å². The average molecular weight is 226 g/mol. The highest BCUT2D eigenvalue weighted by Crippen LogP contribution is 2.21. The lowest BCUT2D eigenvalue weighted by molar-refractivity contribution is 0.629. The molecule has 0 fully saturated rings. The predicted octanol–water partition coefficient (Wildman–Crippen LogP) is 1.92. The first kappa shape index (κ1) is 10.3. The van der Waals surface area contributed by atoms with Crippen molar-refractivity contribution < 1.29 is 4.39 Å². The van der Waals surface area contributed by atoms with Gasteiger partial charge in [-0.1, -0.05) is 11.6 Å². The number of nitrogens with zero attached hydrogens (tertiary/aromatic N) is 2. The van der Waals surface area contributed by atoms with Crippen LogP contribution in [0.4, 0.5) is 4.39 Å². The van der Waals surface area contributed by atoms with Crippen LogP contribution in [0, 0.1) is 5.82 Å². The maximum Gasteiger partial charge on any atom is 0.140 e. The third kappa shape index (κ3) is 2.06. The largest absolute Gasteiger partial charge is 0.330 e. The van der Waals surface area contributed by atoms with E-state index in [4.69, 9.17) is 17.3 Å². The average Bonchev–Trinajstić information content (AvgIpc) is 2.20. The van der Waals surface area contributed by atoms with E-state index in [0.717, 1.165) is 0 Å². The normalized spacial score (nSPS) is 10.9. The Kier molecular flexibility index (Phi) is 2.79. The summed E-state index contributed by atoms with van der Waals surface area (Å²) in [7, 11) is 0. The van der Waals surface area contributed by atoms with Crippen LogP contribution in [0.25, 0.3) is 10.9 Å². The van der Waals surface area contributed by atoms with Gasteiger partial charge in [0.2, 0.25) is 0 Å². The van der Waals surface area contributed by atoms with Crippen molar-refractivity contribution in [2.24, 2.45) is 5.73 Å². The van der Waals surface area contributed by atoms with Gasteiger partial charge in [-0.2, -0.15) is 0 Å². The van der Waals surface area contributed by atoms with E-state index < -0.39 is 0 Å². The zero-order valence-corrected chi connectivity index (χ0v) is 8.63. The number of aromatic nitrogens is 2. The smallest absolute Gasteiger partial charge is 0.140 e. The SMILES string of the molecule is NCCc1nc(Cl)c2cc(F)ccc2n1. The maximum absolute atomic E-state index is 12.9. The Balaban J connectivity index is 2.62. The van der Waals surface area contributed by atoms with Gasteiger partial charge in [0.15, 0.2) is 0 Å². The van der Waals surface area contributed by atoms with Crippen LogP contribution in [0.15, 0.2) is 18.2 Å². The van der Waals surface area contributed by atoms with Crippen LogP contribution < -0.4 is 5.73 Å². The molecule has 0 aliphatic heterocycles. The first-order valence-electron chi connectivity index (χ1n) is 4.52. The molecule has 78 valence electrons. The zero-order valence-electron chi connectivity index (χ0n) is 7.87. The summed E-state index contributed by atoms with van der Waals surface area (Å²) in [6.07, 6.45) is 0.563. The number of halogens is 2. The lowest BCUT2D eigenvalue weighted by Crippen LogP contribution is -2.06. The van der Waals surface area contributed by atoms with Crippen LogP contribution >= 0.6 is 11.6 Å². The number of hydrogen-bond donors (Lipinski definition) is 1. The van der Waals surface area contributed by atoms with Crippen LogP contribution in [0.2, 0.25) is 5.15 Å². The molecule has 0 radical (unpaired) electrons. The van der Waals surface area contributed by atoms with E-state index in [1.54, 1.807) is 6.07 Å². The minimum Gasteiger partial charge on any atom is -0.330 e. The lowest BCUT2D eigenvalue weighted by Gasteiger charge is -2.03. The molecule has 2 N–H and O–H groups in total. The second kappa shape index (κ2) is 4.08. The topological polar surface area (TPSA) is 51.8 Å². The summed E-state index contributed by atoms with van der Waals surface area (Å²) < 4.78 is 12.9. The predicted molar refractivity (Wildman–Crippen MR) is 57.3 cm³/mol. The zero-order chi connectivity index (χ0) is 10.8. The molecular formula is C10H9ClFN3. The van der Waals surface area contributed by atoms with Crippen molar-refractivity contribution >= 4 is 22.5 Å². The van der Waals surface area contributed by atoms with Gasteiger partial charge in [0.05, 0.1) is 5.52 Å². The Hall–Kier alpha value is -1.26. The number of benzene rings is 1. The molecule has 15 heavy (non-hydrogen) atoms. The van der Waals surface area contributed by atoms with E-state index in [2.05, 4.69) is 9.97 Å². The summed E-state index contributed by atoms with van der Waals surface area (Å²) in [5.74, 6) is 0.237. The van der Waals surface area contributed by atoms with Crippen molar-refractivity contribution in [2.45, 2.75) is 6.42 Å². The molecule has 0 spiro atoms. The number of rotatable bonds is 2. The van der Waals surface area contributed by atoms with Gasteiger partial charge in [0.1, 0.15) is 16.8 Å². The Morgan fingerprint density at radius 2 is 2.13 bits per heavy atom. The fraction of sp³-hybridized carbons (Fsp3) is 0.200. The molecule has 2 rings (SSSR count). The van der Waals surface area contributed by atoms with Crippen LogP contribution in [0.1, 0.15) is 5.82 Å². The van der Waals surface area contributed by atoms with E-state index in [1.807, 2.05) is 0 Å². The van der Waals surface area contributed by atoms with E-state index in [9.17, 15) is 4.39 Å². The Morgan fingerprint density at radius 1 is 1.33 bits per heavy atom. The van der Waals surface area contributed by atoms with Gasteiger partial charge in [0.25, 0.3) is 0 Å². The lowest BCUT2D eigenvalue weighted by atomic mass is 10.2. The molecule has 0 saturated heterocycles. The number of nitrogens with two attached hydrogens (primary N) is 1. The molecule has 0 atom stereocenters. The first-order chi connectivity index (χ1) is 7.20. The van der Waals surface area contributed by atoms with Gasteiger partial charge in [-0.15, -0.1) is 0 Å². The Labute approximate surface area is 91.1 Å². The summed E-state index contributed by atoms with van der Waals surface area (Å²) in [6.45, 7) is 0.461. The van der Waals surface area contributed by atoms with Gasteiger partial charge in [-0.25, -0.2) is 14.4 Å². The third-order valence-electron chi connectivity index (χ3n) is 2.03. The van der Waals surface area contributed by atoms with Crippen LogP contribution in [-0.2, 0) is 6.42 Å². The third-order valence-corrected chi connectivity index (χ3v) is 2.31. The highest BCUT2D eigenvalue weighted by Gasteiger charge is 2.06. The molecule has 0 aliphatic rings. The molecule has 0 unspecified atom stereocenters. The van der Waals surface area contributed by atoms with Crippen molar-refractivity contribution in [1.29, 1.82) is 0 Å². The minimum atomic E-state index is -0.348. The fourth-order valence-corrected chi connectivity index (χ4v) is 1.60. The van der Waals surface area contributed by atoms with Gasteiger partial charge in [-0.3, -0.25) is 0 Å². The van der Waals surface area contributed by atoms with Gasteiger partial charge < -0.3 is 5.73 Å². The molecule has 1 heterocycles. The van der Waals surface area contributed by atoms with Crippen LogP contribution in [0.3, 0.4) is 0 Å². The summed E-state index contributed by atoms with van der Waals surface area (Å²) in [4.78, 5) is 8.26. The highest BCUT2D eigenvalue weighted by molar-refractivity contribution is 6.34. The molecule has 0 amide bonds. The van der Waals surface area contributed by atoms with Crippen LogP contribution in [-0.4, -0.2) is 16.5 Å². The van der Waals surface area contributed by atoms with E-state index in [0.29, 0.717) is 29.7 Å². The van der Waals surface area contributed by atoms with Crippen molar-refractivity contribution in [3.63, 3.8) is 0 Å². The molecule has 2 aromatic rings. The van der Waals surface area contributed by atoms with E-state index in [1.165, 1.54) is 12.1 Å². The standard InChI is InChI=1S/C10H9ClFN3/c11-10-7-5-6(12)1-2-8(7)14-9(15-10)3-4-13/h1-2,5H,3-4,13H2. The summed E-state index contributed by atoms with van der Waals surface area (Å²) in [5.41, 5.74) is 6.03.